The Morgan fingerprint density at radius 1 is 0.974 bits per heavy atom. The number of benzene rings is 3. The number of carbonyl (C=O) groups is 2. The zero-order valence-electron chi connectivity index (χ0n) is 20.7. The number of carbonyl (C=O) groups excluding carboxylic acids is 2. The molecule has 1 N–H and O–H groups in total. The Balaban J connectivity index is 1.17. The number of rotatable bonds is 6. The van der Waals surface area contributed by atoms with Gasteiger partial charge in [0.05, 0.1) is 11.4 Å². The number of aromatic nitrogens is 3. The lowest BCUT2D eigenvalue weighted by atomic mass is 10.1. The molecule has 0 aliphatic heterocycles. The van der Waals surface area contributed by atoms with E-state index in [2.05, 4.69) is 34.0 Å². The van der Waals surface area contributed by atoms with E-state index in [0.717, 1.165) is 49.9 Å². The fourth-order valence-corrected chi connectivity index (χ4v) is 5.98. The quantitative estimate of drug-likeness (QED) is 0.230. The molecule has 6 aromatic rings. The van der Waals surface area contributed by atoms with Crippen LogP contribution in [0.15, 0.2) is 72.8 Å². The first-order chi connectivity index (χ1) is 18.4. The number of thiophene rings is 1. The Bertz CT molecular complexity index is 1850. The van der Waals surface area contributed by atoms with Gasteiger partial charge in [0.25, 0.3) is 5.91 Å². The van der Waals surface area contributed by atoms with E-state index in [1.165, 1.54) is 11.3 Å². The van der Waals surface area contributed by atoms with Gasteiger partial charge in [-0.05, 0) is 68.4 Å². The van der Waals surface area contributed by atoms with Gasteiger partial charge in [0, 0.05) is 44.4 Å². The van der Waals surface area contributed by atoms with Crippen molar-refractivity contribution in [3.8, 4) is 5.69 Å². The summed E-state index contributed by atoms with van der Waals surface area (Å²) in [5, 5.41) is 11.1. The molecule has 0 spiro atoms. The lowest BCUT2D eigenvalue weighted by Gasteiger charge is -2.07. The third-order valence-electron chi connectivity index (χ3n) is 6.52. The maximum atomic E-state index is 12.8. The Morgan fingerprint density at radius 2 is 1.74 bits per heavy atom. The van der Waals surface area contributed by atoms with Crippen molar-refractivity contribution in [2.24, 2.45) is 0 Å². The minimum absolute atomic E-state index is 0.385. The van der Waals surface area contributed by atoms with E-state index < -0.39 is 11.9 Å². The van der Waals surface area contributed by atoms with Gasteiger partial charge in [-0.3, -0.25) is 4.79 Å². The lowest BCUT2D eigenvalue weighted by molar-refractivity contribution is -0.119. The van der Waals surface area contributed by atoms with Gasteiger partial charge >= 0.3 is 5.97 Å². The highest BCUT2D eigenvalue weighted by Gasteiger charge is 2.19. The van der Waals surface area contributed by atoms with Crippen molar-refractivity contribution >= 4 is 72.5 Å². The van der Waals surface area contributed by atoms with Gasteiger partial charge in [-0.2, -0.15) is 5.10 Å². The summed E-state index contributed by atoms with van der Waals surface area (Å²) in [5.74, 6) is -0.952. The normalized spacial score (nSPS) is 11.4. The highest BCUT2D eigenvalue weighted by molar-refractivity contribution is 7.20. The van der Waals surface area contributed by atoms with E-state index in [9.17, 15) is 9.59 Å². The van der Waals surface area contributed by atoms with Crippen LogP contribution in [0.5, 0.6) is 0 Å². The number of para-hydroxylation sites is 1. The van der Waals surface area contributed by atoms with Gasteiger partial charge < -0.3 is 14.6 Å². The number of anilines is 1. The van der Waals surface area contributed by atoms with Crippen LogP contribution in [0, 0.1) is 6.92 Å². The summed E-state index contributed by atoms with van der Waals surface area (Å²) in [7, 11) is 0. The van der Waals surface area contributed by atoms with Crippen LogP contribution in [0.4, 0.5) is 5.69 Å². The van der Waals surface area contributed by atoms with Crippen molar-refractivity contribution in [3.05, 3.63) is 88.4 Å². The number of halogens is 1. The average Bonchev–Trinajstić information content (AvgIpc) is 3.59. The van der Waals surface area contributed by atoms with E-state index in [-0.39, 0.29) is 6.61 Å². The predicted octanol–water partition coefficient (Wildman–Crippen LogP) is 6.97. The molecular weight excluding hydrogens is 520 g/mol. The minimum Gasteiger partial charge on any atom is -0.451 e. The second kappa shape index (κ2) is 9.63. The van der Waals surface area contributed by atoms with Crippen LogP contribution in [-0.2, 0) is 16.1 Å². The SMILES string of the molecule is CCn1c2ccccc2c2cc(NC(=O)COC(=O)c3cc4c(C)nn(-c5ccc(Cl)cc5)c4s3)ccc21. The van der Waals surface area contributed by atoms with E-state index in [1.54, 1.807) is 22.9 Å². The van der Waals surface area contributed by atoms with Gasteiger partial charge in [-0.25, -0.2) is 9.48 Å². The highest BCUT2D eigenvalue weighted by Crippen LogP contribution is 2.32. The molecule has 38 heavy (non-hydrogen) atoms. The molecule has 0 fully saturated rings. The molecule has 0 bridgehead atoms. The van der Waals surface area contributed by atoms with Gasteiger partial charge in [-0.15, -0.1) is 11.3 Å². The van der Waals surface area contributed by atoms with Crippen LogP contribution in [0.1, 0.15) is 22.3 Å². The Hall–Kier alpha value is -4.14. The van der Waals surface area contributed by atoms with Crippen molar-refractivity contribution in [3.63, 3.8) is 0 Å². The maximum Gasteiger partial charge on any atom is 0.348 e. The third-order valence-corrected chi connectivity index (χ3v) is 7.87. The maximum absolute atomic E-state index is 12.8. The minimum atomic E-state index is -0.551. The number of nitrogens with one attached hydrogen (secondary N) is 1. The average molecular weight is 543 g/mol. The van der Waals surface area contributed by atoms with E-state index in [4.69, 9.17) is 16.3 Å². The highest BCUT2D eigenvalue weighted by atomic mass is 35.5. The van der Waals surface area contributed by atoms with Gasteiger partial charge in [0.15, 0.2) is 6.61 Å². The summed E-state index contributed by atoms with van der Waals surface area (Å²) < 4.78 is 9.38. The fraction of sp³-hybridized carbons (Fsp3) is 0.138. The largest absolute Gasteiger partial charge is 0.451 e. The summed E-state index contributed by atoms with van der Waals surface area (Å²) in [4.78, 5) is 26.7. The zero-order valence-corrected chi connectivity index (χ0v) is 22.3. The Kier molecular flexibility index (Phi) is 6.13. The molecule has 0 radical (unpaired) electrons. The molecule has 0 saturated carbocycles. The number of ether oxygens (including phenoxy) is 1. The van der Waals surface area contributed by atoms with Crippen LogP contribution < -0.4 is 5.32 Å². The summed E-state index contributed by atoms with van der Waals surface area (Å²) in [5.41, 5.74) is 4.55. The molecule has 0 atom stereocenters. The molecule has 0 saturated heterocycles. The molecule has 190 valence electrons. The fourth-order valence-electron chi connectivity index (χ4n) is 4.78. The van der Waals surface area contributed by atoms with E-state index in [0.29, 0.717) is 15.6 Å². The molecule has 0 aliphatic carbocycles. The third kappa shape index (κ3) is 4.21. The molecule has 3 aromatic heterocycles. The summed E-state index contributed by atoms with van der Waals surface area (Å²) in [6.07, 6.45) is 0. The number of nitrogens with zero attached hydrogens (tertiary/aromatic N) is 3. The van der Waals surface area contributed by atoms with Crippen molar-refractivity contribution in [2.45, 2.75) is 20.4 Å². The Labute approximate surface area is 227 Å². The molecule has 7 nitrogen and oxygen atoms in total. The van der Waals surface area contributed by atoms with E-state index in [1.807, 2.05) is 49.4 Å². The molecule has 9 heteroatoms. The summed E-state index contributed by atoms with van der Waals surface area (Å²) >= 11 is 7.29. The summed E-state index contributed by atoms with van der Waals surface area (Å²) in [6, 6.07) is 23.1. The number of amides is 1. The van der Waals surface area contributed by atoms with Crippen LogP contribution in [0.2, 0.25) is 5.02 Å². The molecule has 6 rings (SSSR count). The van der Waals surface area contributed by atoms with Crippen molar-refractivity contribution < 1.29 is 14.3 Å². The monoisotopic (exact) mass is 542 g/mol. The van der Waals surface area contributed by atoms with Crippen LogP contribution >= 0.6 is 22.9 Å². The zero-order chi connectivity index (χ0) is 26.4. The van der Waals surface area contributed by atoms with Crippen LogP contribution in [-0.4, -0.2) is 32.8 Å². The topological polar surface area (TPSA) is 78.2 Å². The molecule has 1 amide bonds. The van der Waals surface area contributed by atoms with Crippen LogP contribution in [0.3, 0.4) is 0 Å². The molecular formula is C29H23ClN4O3S. The first-order valence-corrected chi connectivity index (χ1v) is 13.4. The molecule has 0 aliphatic rings. The number of aryl methyl sites for hydroxylation is 2. The first-order valence-electron chi connectivity index (χ1n) is 12.2. The number of fused-ring (bicyclic) bond motifs is 4. The molecule has 0 unspecified atom stereocenters. The Morgan fingerprint density at radius 3 is 2.53 bits per heavy atom. The smallest absolute Gasteiger partial charge is 0.348 e. The second-order valence-electron chi connectivity index (χ2n) is 8.92. The van der Waals surface area contributed by atoms with Crippen LogP contribution in [0.25, 0.3) is 37.7 Å². The van der Waals surface area contributed by atoms with Crippen molar-refractivity contribution in [1.82, 2.24) is 14.3 Å². The van der Waals surface area contributed by atoms with Crippen molar-refractivity contribution in [1.29, 1.82) is 0 Å². The predicted molar refractivity (Wildman–Crippen MR) is 153 cm³/mol. The lowest BCUT2D eigenvalue weighted by Crippen LogP contribution is -2.20. The van der Waals surface area contributed by atoms with E-state index >= 15 is 0 Å². The standard InChI is InChI=1S/C29H23ClN4O3S/c1-3-33-24-7-5-4-6-21(24)23-14-19(10-13-25(23)33)31-27(35)16-37-29(36)26-15-22-17(2)32-34(28(22)38-26)20-11-8-18(30)9-12-20/h4-15H,3,16H2,1-2H3,(H,31,35). The number of esters is 1. The molecule has 3 aromatic carbocycles. The van der Waals surface area contributed by atoms with Gasteiger partial charge in [-0.1, -0.05) is 29.8 Å². The first kappa shape index (κ1) is 24.2. The number of hydrogen-bond acceptors (Lipinski definition) is 5. The summed E-state index contributed by atoms with van der Waals surface area (Å²) in [6.45, 7) is 4.46. The van der Waals surface area contributed by atoms with Crippen molar-refractivity contribution in [2.75, 3.05) is 11.9 Å². The number of hydrogen-bond donors (Lipinski definition) is 1. The van der Waals surface area contributed by atoms with Gasteiger partial charge in [0.2, 0.25) is 0 Å². The molecule has 3 heterocycles. The second-order valence-corrected chi connectivity index (χ2v) is 10.4. The van der Waals surface area contributed by atoms with Gasteiger partial charge in [0.1, 0.15) is 9.71 Å².